The number of nitrogens with zero attached hydrogens (tertiary/aromatic N) is 1. The lowest BCUT2D eigenvalue weighted by atomic mass is 9.87. The maximum Gasteiger partial charge on any atom is 0.235 e. The lowest BCUT2D eigenvalue weighted by molar-refractivity contribution is 0.406. The van der Waals surface area contributed by atoms with Gasteiger partial charge in [0.2, 0.25) is 6.08 Å². The molecule has 90 valence electrons. The smallest absolute Gasteiger partial charge is 0.235 e. The molecule has 0 spiro atoms. The van der Waals surface area contributed by atoms with Crippen LogP contribution < -0.4 is 0 Å². The largest absolute Gasteiger partial charge is 0.506 e. The van der Waals surface area contributed by atoms with E-state index in [4.69, 9.17) is 0 Å². The highest BCUT2D eigenvalue weighted by molar-refractivity contribution is 9.10. The van der Waals surface area contributed by atoms with Crippen LogP contribution in [0.15, 0.2) is 21.6 Å². The Hall–Kier alpha value is -1.12. The third kappa shape index (κ3) is 2.03. The Morgan fingerprint density at radius 1 is 1.41 bits per heavy atom. The fourth-order valence-corrected chi connectivity index (χ4v) is 2.88. The number of halogens is 1. The number of isocyanates is 1. The first-order chi connectivity index (χ1) is 8.10. The van der Waals surface area contributed by atoms with Crippen molar-refractivity contribution in [1.29, 1.82) is 0 Å². The van der Waals surface area contributed by atoms with E-state index in [-0.39, 0.29) is 5.75 Å². The number of phenols is 1. The monoisotopic (exact) mass is 295 g/mol. The van der Waals surface area contributed by atoms with Gasteiger partial charge in [-0.05, 0) is 41.3 Å². The predicted molar refractivity (Wildman–Crippen MR) is 68.8 cm³/mol. The fourth-order valence-electron chi connectivity index (χ4n) is 2.53. The van der Waals surface area contributed by atoms with Crippen molar-refractivity contribution in [1.82, 2.24) is 0 Å². The van der Waals surface area contributed by atoms with E-state index < -0.39 is 5.54 Å². The van der Waals surface area contributed by atoms with Crippen molar-refractivity contribution in [3.8, 4) is 5.75 Å². The Balaban J connectivity index is 2.58. The van der Waals surface area contributed by atoms with Crippen LogP contribution in [0.2, 0.25) is 0 Å². The number of benzene rings is 1. The molecule has 0 aromatic heterocycles. The molecule has 4 heteroatoms. The second-order valence-electron chi connectivity index (χ2n) is 4.53. The normalized spacial score (nSPS) is 17.8. The first-order valence-electron chi connectivity index (χ1n) is 5.68. The molecule has 1 saturated carbocycles. The average Bonchev–Trinajstić information content (AvgIpc) is 2.76. The van der Waals surface area contributed by atoms with Crippen LogP contribution in [0.3, 0.4) is 0 Å². The minimum Gasteiger partial charge on any atom is -0.506 e. The maximum atomic E-state index is 10.6. The summed E-state index contributed by atoms with van der Waals surface area (Å²) in [5.41, 5.74) is 1.13. The summed E-state index contributed by atoms with van der Waals surface area (Å²) in [6.45, 7) is 1.91. The van der Waals surface area contributed by atoms with E-state index in [2.05, 4.69) is 20.9 Å². The van der Waals surface area contributed by atoms with Gasteiger partial charge in [0.25, 0.3) is 0 Å². The van der Waals surface area contributed by atoms with Crippen molar-refractivity contribution in [2.45, 2.75) is 38.1 Å². The molecular weight excluding hydrogens is 282 g/mol. The first kappa shape index (κ1) is 12.3. The second kappa shape index (κ2) is 4.63. The zero-order valence-electron chi connectivity index (χ0n) is 9.66. The van der Waals surface area contributed by atoms with E-state index in [1.807, 2.05) is 19.1 Å². The summed E-state index contributed by atoms with van der Waals surface area (Å²) < 4.78 is 0.683. The molecule has 17 heavy (non-hydrogen) atoms. The highest BCUT2D eigenvalue weighted by Gasteiger charge is 2.38. The molecule has 0 aliphatic heterocycles. The molecule has 0 amide bonds. The van der Waals surface area contributed by atoms with Gasteiger partial charge >= 0.3 is 0 Å². The van der Waals surface area contributed by atoms with Crippen molar-refractivity contribution in [3.05, 3.63) is 27.7 Å². The number of aryl methyl sites for hydroxylation is 1. The minimum absolute atomic E-state index is 0.200. The third-order valence-corrected chi connectivity index (χ3v) is 4.50. The SMILES string of the molecule is Cc1ccc(C2(N=C=O)CCCC2)c(O)c1Br. The standard InChI is InChI=1S/C13H14BrNO2/c1-9-4-5-10(12(17)11(9)14)13(15-8-16)6-2-3-7-13/h4-5,17H,2-3,6-7H2,1H3. The molecular formula is C13H14BrNO2. The Kier molecular flexibility index (Phi) is 3.36. The molecule has 0 unspecified atom stereocenters. The van der Waals surface area contributed by atoms with Crippen LogP contribution in [-0.2, 0) is 10.3 Å². The van der Waals surface area contributed by atoms with Crippen molar-refractivity contribution < 1.29 is 9.90 Å². The molecule has 0 atom stereocenters. The van der Waals surface area contributed by atoms with Gasteiger partial charge in [-0.15, -0.1) is 0 Å². The van der Waals surface area contributed by atoms with Crippen LogP contribution in [0.4, 0.5) is 0 Å². The lowest BCUT2D eigenvalue weighted by Gasteiger charge is -2.24. The van der Waals surface area contributed by atoms with Gasteiger partial charge in [-0.3, -0.25) is 0 Å². The number of rotatable bonds is 2. The number of aliphatic imine (C=N–C) groups is 1. The van der Waals surface area contributed by atoms with Gasteiger partial charge < -0.3 is 5.11 Å². The van der Waals surface area contributed by atoms with E-state index >= 15 is 0 Å². The topological polar surface area (TPSA) is 49.7 Å². The molecule has 1 aliphatic rings. The summed E-state index contributed by atoms with van der Waals surface area (Å²) in [4.78, 5) is 14.6. The molecule has 1 N–H and O–H groups in total. The number of carbonyl (C=O) groups excluding carboxylic acids is 1. The van der Waals surface area contributed by atoms with Gasteiger partial charge in [-0.2, -0.15) is 4.99 Å². The second-order valence-corrected chi connectivity index (χ2v) is 5.33. The number of phenolic OH excluding ortho intramolecular Hbond substituents is 1. The van der Waals surface area contributed by atoms with E-state index in [0.717, 1.165) is 36.8 Å². The van der Waals surface area contributed by atoms with Crippen LogP contribution in [0.1, 0.15) is 36.8 Å². The highest BCUT2D eigenvalue weighted by Crippen LogP contribution is 2.47. The van der Waals surface area contributed by atoms with Gasteiger partial charge in [0.15, 0.2) is 0 Å². The van der Waals surface area contributed by atoms with Crippen LogP contribution in [-0.4, -0.2) is 11.2 Å². The summed E-state index contributed by atoms with van der Waals surface area (Å²) >= 11 is 3.36. The molecule has 0 heterocycles. The number of aromatic hydroxyl groups is 1. The van der Waals surface area contributed by atoms with Crippen molar-refractivity contribution in [2.75, 3.05) is 0 Å². The predicted octanol–water partition coefficient (Wildman–Crippen LogP) is 3.57. The Bertz CT molecular complexity index is 486. The lowest BCUT2D eigenvalue weighted by Crippen LogP contribution is -2.19. The van der Waals surface area contributed by atoms with Crippen molar-refractivity contribution >= 4 is 22.0 Å². The molecule has 1 aromatic carbocycles. The number of hydrogen-bond donors (Lipinski definition) is 1. The summed E-state index contributed by atoms with van der Waals surface area (Å²) in [5, 5.41) is 10.2. The Labute approximate surface area is 109 Å². The van der Waals surface area contributed by atoms with Crippen molar-refractivity contribution in [3.63, 3.8) is 0 Å². The Morgan fingerprint density at radius 3 is 2.65 bits per heavy atom. The molecule has 0 saturated heterocycles. The fraction of sp³-hybridized carbons (Fsp3) is 0.462. The van der Waals surface area contributed by atoms with E-state index in [1.54, 1.807) is 6.08 Å². The van der Waals surface area contributed by atoms with Crippen LogP contribution in [0.25, 0.3) is 0 Å². The van der Waals surface area contributed by atoms with E-state index in [9.17, 15) is 9.90 Å². The maximum absolute atomic E-state index is 10.6. The quantitative estimate of drug-likeness (QED) is 0.670. The van der Waals surface area contributed by atoms with Gasteiger partial charge in [0.05, 0.1) is 4.47 Å². The zero-order valence-corrected chi connectivity index (χ0v) is 11.2. The van der Waals surface area contributed by atoms with Gasteiger partial charge in [-0.25, -0.2) is 4.79 Å². The van der Waals surface area contributed by atoms with Gasteiger partial charge in [0, 0.05) is 5.56 Å². The zero-order chi connectivity index (χ0) is 12.5. The number of hydrogen-bond acceptors (Lipinski definition) is 3. The van der Waals surface area contributed by atoms with E-state index in [1.165, 1.54) is 0 Å². The third-order valence-electron chi connectivity index (χ3n) is 3.50. The highest BCUT2D eigenvalue weighted by atomic mass is 79.9. The average molecular weight is 296 g/mol. The summed E-state index contributed by atoms with van der Waals surface area (Å²) in [5.74, 6) is 0.200. The van der Waals surface area contributed by atoms with Crippen LogP contribution >= 0.6 is 15.9 Å². The molecule has 3 nitrogen and oxygen atoms in total. The Morgan fingerprint density at radius 2 is 2.06 bits per heavy atom. The summed E-state index contributed by atoms with van der Waals surface area (Å²) in [6, 6.07) is 3.79. The molecule has 1 aromatic rings. The van der Waals surface area contributed by atoms with Gasteiger partial charge in [-0.1, -0.05) is 25.0 Å². The van der Waals surface area contributed by atoms with E-state index in [0.29, 0.717) is 4.47 Å². The van der Waals surface area contributed by atoms with Crippen LogP contribution in [0.5, 0.6) is 5.75 Å². The van der Waals surface area contributed by atoms with Crippen LogP contribution in [0, 0.1) is 6.92 Å². The molecule has 0 radical (unpaired) electrons. The first-order valence-corrected chi connectivity index (χ1v) is 6.47. The minimum atomic E-state index is -0.567. The van der Waals surface area contributed by atoms with Gasteiger partial charge in [0.1, 0.15) is 11.3 Å². The molecule has 0 bridgehead atoms. The molecule has 1 aliphatic carbocycles. The molecule has 1 fully saturated rings. The summed E-state index contributed by atoms with van der Waals surface area (Å²) in [7, 11) is 0. The van der Waals surface area contributed by atoms with Crippen molar-refractivity contribution in [2.24, 2.45) is 4.99 Å². The summed E-state index contributed by atoms with van der Waals surface area (Å²) in [6.07, 6.45) is 5.30. The molecule has 2 rings (SSSR count).